The van der Waals surface area contributed by atoms with Crippen molar-refractivity contribution in [3.05, 3.63) is 24.2 Å². The maximum absolute atomic E-state index is 5.63. The average Bonchev–Trinajstić information content (AvgIpc) is 3.07. The normalized spacial score (nSPS) is 23.3. The number of hydrogen-bond donors (Lipinski definition) is 1. The van der Waals surface area contributed by atoms with Gasteiger partial charge in [0.05, 0.1) is 26.0 Å². The number of hydrogen-bond acceptors (Lipinski definition) is 4. The van der Waals surface area contributed by atoms with E-state index in [1.165, 1.54) is 6.42 Å². The van der Waals surface area contributed by atoms with Gasteiger partial charge in [-0.15, -0.1) is 0 Å². The molecule has 1 N–H and O–H groups in total. The molecule has 2 unspecified atom stereocenters. The van der Waals surface area contributed by atoms with Crippen LogP contribution in [-0.2, 0) is 11.3 Å². The SMILES string of the molecule is CCCNC1COCC1CN(CC)Cc1ccco1. The Morgan fingerprint density at radius 2 is 2.26 bits per heavy atom. The minimum atomic E-state index is 0.505. The van der Waals surface area contributed by atoms with Crippen molar-refractivity contribution in [3.8, 4) is 0 Å². The van der Waals surface area contributed by atoms with Crippen molar-refractivity contribution in [2.24, 2.45) is 5.92 Å². The van der Waals surface area contributed by atoms with Gasteiger partial charge in [0.15, 0.2) is 0 Å². The Morgan fingerprint density at radius 3 is 2.95 bits per heavy atom. The largest absolute Gasteiger partial charge is 0.468 e. The molecule has 2 atom stereocenters. The molecule has 2 heterocycles. The number of ether oxygens (including phenoxy) is 1. The van der Waals surface area contributed by atoms with E-state index in [0.29, 0.717) is 12.0 Å². The fourth-order valence-electron chi connectivity index (χ4n) is 2.59. The van der Waals surface area contributed by atoms with E-state index < -0.39 is 0 Å². The molecule has 0 saturated carbocycles. The van der Waals surface area contributed by atoms with Crippen molar-refractivity contribution in [1.82, 2.24) is 10.2 Å². The lowest BCUT2D eigenvalue weighted by atomic mass is 10.0. The quantitative estimate of drug-likeness (QED) is 0.782. The van der Waals surface area contributed by atoms with Crippen molar-refractivity contribution < 1.29 is 9.15 Å². The molecule has 108 valence electrons. The molecular weight excluding hydrogens is 240 g/mol. The van der Waals surface area contributed by atoms with Crippen LogP contribution in [0.1, 0.15) is 26.0 Å². The molecule has 19 heavy (non-hydrogen) atoms. The zero-order chi connectivity index (χ0) is 13.5. The first-order valence-corrected chi connectivity index (χ1v) is 7.39. The minimum absolute atomic E-state index is 0.505. The van der Waals surface area contributed by atoms with Crippen LogP contribution in [0.15, 0.2) is 22.8 Å². The van der Waals surface area contributed by atoms with E-state index in [4.69, 9.17) is 9.15 Å². The Kier molecular flexibility index (Phi) is 5.89. The van der Waals surface area contributed by atoms with Gasteiger partial charge >= 0.3 is 0 Å². The second-order valence-corrected chi connectivity index (χ2v) is 5.27. The van der Waals surface area contributed by atoms with Crippen LogP contribution in [0.25, 0.3) is 0 Å². The first kappa shape index (κ1) is 14.6. The molecule has 1 aromatic rings. The molecule has 0 bridgehead atoms. The molecule has 0 spiro atoms. The molecule has 1 aromatic heterocycles. The summed E-state index contributed by atoms with van der Waals surface area (Å²) >= 11 is 0. The molecule has 2 rings (SSSR count). The fraction of sp³-hybridized carbons (Fsp3) is 0.733. The van der Waals surface area contributed by atoms with Gasteiger partial charge in [0, 0.05) is 18.5 Å². The second-order valence-electron chi connectivity index (χ2n) is 5.27. The molecular formula is C15H26N2O2. The standard InChI is InChI=1S/C15H26N2O2/c1-3-7-16-15-12-18-11-13(15)9-17(4-2)10-14-6-5-8-19-14/h5-6,8,13,15-16H,3-4,7,9-12H2,1-2H3. The predicted octanol–water partition coefficient (Wildman–Crippen LogP) is 2.12. The maximum Gasteiger partial charge on any atom is 0.117 e. The summed E-state index contributed by atoms with van der Waals surface area (Å²) in [4.78, 5) is 2.43. The first-order chi connectivity index (χ1) is 9.33. The smallest absolute Gasteiger partial charge is 0.117 e. The van der Waals surface area contributed by atoms with E-state index in [0.717, 1.165) is 45.2 Å². The van der Waals surface area contributed by atoms with Crippen molar-refractivity contribution in [2.45, 2.75) is 32.9 Å². The van der Waals surface area contributed by atoms with Crippen molar-refractivity contribution in [3.63, 3.8) is 0 Å². The van der Waals surface area contributed by atoms with Crippen LogP contribution in [0.2, 0.25) is 0 Å². The molecule has 1 aliphatic rings. The summed E-state index contributed by atoms with van der Waals surface area (Å²) in [5.74, 6) is 1.63. The van der Waals surface area contributed by atoms with Crippen LogP contribution in [0.5, 0.6) is 0 Å². The van der Waals surface area contributed by atoms with Crippen LogP contribution in [0, 0.1) is 5.92 Å². The third kappa shape index (κ3) is 4.34. The molecule has 0 amide bonds. The third-order valence-corrected chi connectivity index (χ3v) is 3.75. The van der Waals surface area contributed by atoms with Gasteiger partial charge in [-0.3, -0.25) is 4.90 Å². The Hall–Kier alpha value is -0.840. The number of nitrogens with one attached hydrogen (secondary N) is 1. The van der Waals surface area contributed by atoms with Crippen LogP contribution in [0.4, 0.5) is 0 Å². The Balaban J connectivity index is 1.83. The maximum atomic E-state index is 5.63. The summed E-state index contributed by atoms with van der Waals surface area (Å²) in [6.45, 7) is 10.2. The van der Waals surface area contributed by atoms with E-state index >= 15 is 0 Å². The average molecular weight is 266 g/mol. The monoisotopic (exact) mass is 266 g/mol. The van der Waals surface area contributed by atoms with Gasteiger partial charge < -0.3 is 14.5 Å². The molecule has 1 saturated heterocycles. The summed E-state index contributed by atoms with van der Waals surface area (Å²) in [7, 11) is 0. The lowest BCUT2D eigenvalue weighted by Crippen LogP contribution is -2.41. The lowest BCUT2D eigenvalue weighted by Gasteiger charge is -2.26. The van der Waals surface area contributed by atoms with Gasteiger partial charge in [0.25, 0.3) is 0 Å². The highest BCUT2D eigenvalue weighted by Gasteiger charge is 2.29. The summed E-state index contributed by atoms with van der Waals surface area (Å²) < 4.78 is 11.1. The molecule has 0 radical (unpaired) electrons. The lowest BCUT2D eigenvalue weighted by molar-refractivity contribution is 0.163. The van der Waals surface area contributed by atoms with Crippen LogP contribution < -0.4 is 5.32 Å². The summed E-state index contributed by atoms with van der Waals surface area (Å²) in [5, 5.41) is 3.59. The molecule has 4 nitrogen and oxygen atoms in total. The van der Waals surface area contributed by atoms with Crippen molar-refractivity contribution >= 4 is 0 Å². The minimum Gasteiger partial charge on any atom is -0.468 e. The van der Waals surface area contributed by atoms with E-state index in [2.05, 4.69) is 24.1 Å². The zero-order valence-electron chi connectivity index (χ0n) is 12.1. The number of rotatable bonds is 8. The summed E-state index contributed by atoms with van der Waals surface area (Å²) in [5.41, 5.74) is 0. The Labute approximate surface area is 116 Å². The highest BCUT2D eigenvalue weighted by Crippen LogP contribution is 2.17. The van der Waals surface area contributed by atoms with E-state index in [9.17, 15) is 0 Å². The summed E-state index contributed by atoms with van der Waals surface area (Å²) in [6.07, 6.45) is 2.92. The van der Waals surface area contributed by atoms with Gasteiger partial charge in [0.2, 0.25) is 0 Å². The van der Waals surface area contributed by atoms with Crippen LogP contribution >= 0.6 is 0 Å². The second kappa shape index (κ2) is 7.68. The van der Waals surface area contributed by atoms with Crippen LogP contribution in [0.3, 0.4) is 0 Å². The molecule has 0 aromatic carbocycles. The number of nitrogens with zero attached hydrogens (tertiary/aromatic N) is 1. The molecule has 1 fully saturated rings. The molecule has 0 aliphatic carbocycles. The van der Waals surface area contributed by atoms with Gasteiger partial charge in [0.1, 0.15) is 5.76 Å². The molecule has 4 heteroatoms. The fourth-order valence-corrected chi connectivity index (χ4v) is 2.59. The van der Waals surface area contributed by atoms with Crippen molar-refractivity contribution in [1.29, 1.82) is 0 Å². The van der Waals surface area contributed by atoms with Gasteiger partial charge in [-0.25, -0.2) is 0 Å². The van der Waals surface area contributed by atoms with Gasteiger partial charge in [-0.05, 0) is 31.6 Å². The third-order valence-electron chi connectivity index (χ3n) is 3.75. The van der Waals surface area contributed by atoms with Crippen molar-refractivity contribution in [2.75, 3.05) is 32.8 Å². The van der Waals surface area contributed by atoms with E-state index in [1.54, 1.807) is 6.26 Å². The highest BCUT2D eigenvalue weighted by molar-refractivity contribution is 4.98. The predicted molar refractivity (Wildman–Crippen MR) is 76.0 cm³/mol. The Bertz CT molecular complexity index is 340. The highest BCUT2D eigenvalue weighted by atomic mass is 16.5. The van der Waals surface area contributed by atoms with E-state index in [1.807, 2.05) is 12.1 Å². The topological polar surface area (TPSA) is 37.6 Å². The Morgan fingerprint density at radius 1 is 1.37 bits per heavy atom. The zero-order valence-corrected chi connectivity index (χ0v) is 12.1. The molecule has 1 aliphatic heterocycles. The van der Waals surface area contributed by atoms with Gasteiger partial charge in [-0.2, -0.15) is 0 Å². The van der Waals surface area contributed by atoms with Gasteiger partial charge in [-0.1, -0.05) is 13.8 Å². The van der Waals surface area contributed by atoms with Crippen LogP contribution in [-0.4, -0.2) is 43.8 Å². The van der Waals surface area contributed by atoms with E-state index in [-0.39, 0.29) is 0 Å². The summed E-state index contributed by atoms with van der Waals surface area (Å²) in [6, 6.07) is 4.50. The number of furan rings is 1. The first-order valence-electron chi connectivity index (χ1n) is 7.39.